The van der Waals surface area contributed by atoms with Gasteiger partial charge in [-0.1, -0.05) is 26.0 Å². The molecule has 0 saturated heterocycles. The summed E-state index contributed by atoms with van der Waals surface area (Å²) in [4.78, 5) is 13.5. The Morgan fingerprint density at radius 1 is 1.48 bits per heavy atom. The monoisotopic (exact) mass is 348 g/mol. The van der Waals surface area contributed by atoms with Crippen molar-refractivity contribution in [2.75, 3.05) is 0 Å². The molecule has 1 aliphatic carbocycles. The van der Waals surface area contributed by atoms with Crippen molar-refractivity contribution in [1.82, 2.24) is 20.1 Å². The van der Waals surface area contributed by atoms with Crippen molar-refractivity contribution in [3.63, 3.8) is 0 Å². The van der Waals surface area contributed by atoms with Crippen LogP contribution in [-0.4, -0.2) is 25.9 Å². The summed E-state index contributed by atoms with van der Waals surface area (Å²) >= 11 is 6.95. The summed E-state index contributed by atoms with van der Waals surface area (Å²) in [5.74, 6) is 0.713. The van der Waals surface area contributed by atoms with Gasteiger partial charge in [0.25, 0.3) is 5.91 Å². The maximum atomic E-state index is 12.5. The average Bonchev–Trinajstić information content (AvgIpc) is 3.28. The molecule has 2 N–H and O–H groups in total. The van der Waals surface area contributed by atoms with E-state index in [4.69, 9.17) is 12.2 Å². The predicted molar refractivity (Wildman–Crippen MR) is 94.3 cm³/mol. The van der Waals surface area contributed by atoms with E-state index >= 15 is 0 Å². The van der Waals surface area contributed by atoms with Gasteiger partial charge in [0.15, 0.2) is 10.6 Å². The summed E-state index contributed by atoms with van der Waals surface area (Å²) in [5.41, 5.74) is 0.707. The van der Waals surface area contributed by atoms with E-state index < -0.39 is 0 Å². The van der Waals surface area contributed by atoms with E-state index in [2.05, 4.69) is 29.4 Å². The molecule has 122 valence electrons. The summed E-state index contributed by atoms with van der Waals surface area (Å²) in [7, 11) is 0. The number of hydrogen-bond donors (Lipinski definition) is 2. The highest BCUT2D eigenvalue weighted by Crippen LogP contribution is 2.35. The number of aromatic nitrogens is 3. The van der Waals surface area contributed by atoms with Crippen molar-refractivity contribution in [3.8, 4) is 0 Å². The predicted octanol–water partition coefficient (Wildman–Crippen LogP) is 3.71. The first-order valence-corrected chi connectivity index (χ1v) is 9.04. The van der Waals surface area contributed by atoms with Crippen LogP contribution in [0.1, 0.15) is 48.9 Å². The third-order valence-corrected chi connectivity index (χ3v) is 4.96. The summed E-state index contributed by atoms with van der Waals surface area (Å²) in [6, 6.07) is 8.13. The second-order valence-electron chi connectivity index (χ2n) is 5.89. The van der Waals surface area contributed by atoms with Crippen LogP contribution < -0.4 is 5.32 Å². The van der Waals surface area contributed by atoms with Crippen LogP contribution >= 0.6 is 24.0 Å². The number of H-pyrrole nitrogens is 1. The maximum Gasteiger partial charge on any atom is 0.252 e. The number of carbonyl (C=O) groups excluding carboxylic acids is 1. The van der Waals surface area contributed by atoms with Crippen LogP contribution in [-0.2, 0) is 6.54 Å². The van der Waals surface area contributed by atoms with Gasteiger partial charge in [0.1, 0.15) is 0 Å². The summed E-state index contributed by atoms with van der Waals surface area (Å²) in [6.07, 6.45) is 2.26. The largest absolute Gasteiger partial charge is 0.345 e. The number of rotatable bonds is 6. The van der Waals surface area contributed by atoms with E-state index in [9.17, 15) is 4.79 Å². The fourth-order valence-corrected chi connectivity index (χ4v) is 3.69. The highest BCUT2D eigenvalue weighted by Gasteiger charge is 2.27. The standard InChI is InChI=1S/C16H20N4OS2/c1-10(2)23-13-6-4-3-5-12(13)15(21)17-9-14-18-19-16(22)20(14)11-7-8-11/h3-6,10-11H,7-9H2,1-2H3,(H,17,21)(H,19,22). The first-order valence-electron chi connectivity index (χ1n) is 7.76. The molecule has 7 heteroatoms. The Hall–Kier alpha value is -1.60. The first-order chi connectivity index (χ1) is 11.1. The van der Waals surface area contributed by atoms with Crippen molar-refractivity contribution >= 4 is 29.9 Å². The third kappa shape index (κ3) is 3.84. The molecule has 1 amide bonds. The number of carbonyl (C=O) groups is 1. The van der Waals surface area contributed by atoms with Gasteiger partial charge < -0.3 is 5.32 Å². The molecule has 0 aliphatic heterocycles. The summed E-state index contributed by atoms with van der Waals surface area (Å²) < 4.78 is 2.65. The molecule has 2 aromatic rings. The summed E-state index contributed by atoms with van der Waals surface area (Å²) in [6.45, 7) is 4.61. The summed E-state index contributed by atoms with van der Waals surface area (Å²) in [5, 5.41) is 10.4. The molecule has 0 radical (unpaired) electrons. The maximum absolute atomic E-state index is 12.5. The molecular formula is C16H20N4OS2. The molecule has 0 unspecified atom stereocenters. The van der Waals surface area contributed by atoms with Gasteiger partial charge in [0.05, 0.1) is 12.1 Å². The molecule has 0 spiro atoms. The number of nitrogens with zero attached hydrogens (tertiary/aromatic N) is 2. The van der Waals surface area contributed by atoms with Gasteiger partial charge >= 0.3 is 0 Å². The Labute approximate surface area is 144 Å². The highest BCUT2D eigenvalue weighted by atomic mass is 32.2. The first kappa shape index (κ1) is 16.3. The zero-order valence-electron chi connectivity index (χ0n) is 13.2. The number of amides is 1. The van der Waals surface area contributed by atoms with E-state index in [0.717, 1.165) is 23.6 Å². The second-order valence-corrected chi connectivity index (χ2v) is 7.90. The zero-order valence-corrected chi connectivity index (χ0v) is 14.8. The van der Waals surface area contributed by atoms with Crippen LogP contribution in [0.15, 0.2) is 29.2 Å². The fourth-order valence-electron chi connectivity index (χ4n) is 2.44. The Bertz CT molecular complexity index is 761. The zero-order chi connectivity index (χ0) is 16.4. The molecule has 3 rings (SSSR count). The molecule has 1 heterocycles. The van der Waals surface area contributed by atoms with Gasteiger partial charge in [-0.05, 0) is 37.2 Å². The molecule has 1 saturated carbocycles. The molecule has 1 aliphatic rings. The van der Waals surface area contributed by atoms with Crippen molar-refractivity contribution in [3.05, 3.63) is 40.4 Å². The lowest BCUT2D eigenvalue weighted by Crippen LogP contribution is -2.25. The molecule has 0 bridgehead atoms. The van der Waals surface area contributed by atoms with E-state index in [1.807, 2.05) is 28.8 Å². The second kappa shape index (κ2) is 6.88. The molecule has 5 nitrogen and oxygen atoms in total. The van der Waals surface area contributed by atoms with Crippen molar-refractivity contribution in [1.29, 1.82) is 0 Å². The van der Waals surface area contributed by atoms with Crippen molar-refractivity contribution < 1.29 is 4.79 Å². The molecule has 1 aromatic carbocycles. The lowest BCUT2D eigenvalue weighted by Gasteiger charge is -2.11. The minimum absolute atomic E-state index is 0.0787. The van der Waals surface area contributed by atoms with Gasteiger partial charge in [-0.25, -0.2) is 0 Å². The van der Waals surface area contributed by atoms with Gasteiger partial charge in [-0.15, -0.1) is 11.8 Å². The van der Waals surface area contributed by atoms with Gasteiger partial charge in [-0.2, -0.15) is 5.10 Å². The van der Waals surface area contributed by atoms with E-state index in [0.29, 0.717) is 28.2 Å². The lowest BCUT2D eigenvalue weighted by molar-refractivity contribution is 0.0946. The van der Waals surface area contributed by atoms with Crippen LogP contribution in [0.3, 0.4) is 0 Å². The van der Waals surface area contributed by atoms with E-state index in [1.54, 1.807) is 11.8 Å². The molecular weight excluding hydrogens is 328 g/mol. The van der Waals surface area contributed by atoms with E-state index in [-0.39, 0.29) is 5.91 Å². The molecule has 1 fully saturated rings. The molecule has 0 atom stereocenters. The highest BCUT2D eigenvalue weighted by molar-refractivity contribution is 8.00. The number of aromatic amines is 1. The topological polar surface area (TPSA) is 62.7 Å². The van der Waals surface area contributed by atoms with Crippen molar-refractivity contribution in [2.45, 2.75) is 49.4 Å². The Balaban J connectivity index is 1.72. The van der Waals surface area contributed by atoms with Crippen molar-refractivity contribution in [2.24, 2.45) is 0 Å². The Morgan fingerprint density at radius 3 is 2.91 bits per heavy atom. The van der Waals surface area contributed by atoms with Gasteiger partial charge in [0, 0.05) is 16.2 Å². The lowest BCUT2D eigenvalue weighted by atomic mass is 10.2. The minimum atomic E-state index is -0.0787. The fraction of sp³-hybridized carbons (Fsp3) is 0.438. The number of hydrogen-bond acceptors (Lipinski definition) is 4. The Kier molecular flexibility index (Phi) is 4.87. The van der Waals surface area contributed by atoms with Crippen LogP contribution in [0.5, 0.6) is 0 Å². The number of nitrogens with one attached hydrogen (secondary N) is 2. The molecule has 23 heavy (non-hydrogen) atoms. The quantitative estimate of drug-likeness (QED) is 0.617. The van der Waals surface area contributed by atoms with Crippen LogP contribution in [0.25, 0.3) is 0 Å². The van der Waals surface area contributed by atoms with Crippen LogP contribution in [0.2, 0.25) is 0 Å². The molecule has 1 aromatic heterocycles. The SMILES string of the molecule is CC(C)Sc1ccccc1C(=O)NCc1n[nH]c(=S)n1C1CC1. The third-order valence-electron chi connectivity index (χ3n) is 3.59. The normalized spacial score (nSPS) is 14.2. The van der Waals surface area contributed by atoms with E-state index in [1.165, 1.54) is 0 Å². The van der Waals surface area contributed by atoms with Gasteiger partial charge in [0.2, 0.25) is 0 Å². The average molecular weight is 348 g/mol. The Morgan fingerprint density at radius 2 is 2.22 bits per heavy atom. The smallest absolute Gasteiger partial charge is 0.252 e. The number of benzene rings is 1. The number of thioether (sulfide) groups is 1. The van der Waals surface area contributed by atoms with Crippen LogP contribution in [0, 0.1) is 4.77 Å². The van der Waals surface area contributed by atoms with Crippen LogP contribution in [0.4, 0.5) is 0 Å². The minimum Gasteiger partial charge on any atom is -0.345 e. The van der Waals surface area contributed by atoms with Gasteiger partial charge in [-0.3, -0.25) is 14.5 Å².